The molecule has 1 aromatic heterocycles. The molecular formula is C9H14N4O3. The summed E-state index contributed by atoms with van der Waals surface area (Å²) in [6.45, 7) is 0.265. The molecule has 0 amide bonds. The molecule has 0 spiro atoms. The molecule has 7 heteroatoms. The Hall–Kier alpha value is -1.73. The summed E-state index contributed by atoms with van der Waals surface area (Å²) in [5.74, 6) is -1.27. The van der Waals surface area contributed by atoms with Gasteiger partial charge >= 0.3 is 5.97 Å². The summed E-state index contributed by atoms with van der Waals surface area (Å²) in [5.41, 5.74) is 11.1. The van der Waals surface area contributed by atoms with E-state index in [1.165, 1.54) is 17.1 Å². The zero-order valence-electron chi connectivity index (χ0n) is 8.67. The van der Waals surface area contributed by atoms with Crippen molar-refractivity contribution >= 4 is 11.9 Å². The molecule has 0 saturated heterocycles. The van der Waals surface area contributed by atoms with Crippen molar-refractivity contribution in [3.63, 3.8) is 0 Å². The second-order valence-corrected chi connectivity index (χ2v) is 3.35. The summed E-state index contributed by atoms with van der Waals surface area (Å²) in [6, 6.07) is -1.01. The van der Waals surface area contributed by atoms with Crippen LogP contribution in [0.3, 0.4) is 0 Å². The van der Waals surface area contributed by atoms with Gasteiger partial charge < -0.3 is 16.6 Å². The van der Waals surface area contributed by atoms with Crippen LogP contribution in [0.2, 0.25) is 0 Å². The van der Waals surface area contributed by atoms with Crippen LogP contribution >= 0.6 is 0 Å². The van der Waals surface area contributed by atoms with Gasteiger partial charge in [0.1, 0.15) is 12.4 Å². The van der Waals surface area contributed by atoms with Gasteiger partial charge in [-0.15, -0.1) is 0 Å². The molecule has 5 N–H and O–H groups in total. The van der Waals surface area contributed by atoms with Gasteiger partial charge in [-0.1, -0.05) is 0 Å². The highest BCUT2D eigenvalue weighted by molar-refractivity contribution is 5.79. The first-order valence-corrected chi connectivity index (χ1v) is 4.79. The van der Waals surface area contributed by atoms with Crippen LogP contribution in [0.1, 0.15) is 16.9 Å². The summed E-state index contributed by atoms with van der Waals surface area (Å²) < 4.78 is 1.29. The van der Waals surface area contributed by atoms with Crippen LogP contribution in [0, 0.1) is 0 Å². The predicted octanol–water partition coefficient (Wildman–Crippen LogP) is -1.17. The number of carboxylic acid groups (broad SMARTS) is 1. The number of hydrogen-bond acceptors (Lipinski definition) is 5. The fraction of sp³-hybridized carbons (Fsp3) is 0.444. The van der Waals surface area contributed by atoms with Gasteiger partial charge in [-0.05, 0) is 0 Å². The minimum absolute atomic E-state index is 0.0955. The van der Waals surface area contributed by atoms with Gasteiger partial charge in [0.2, 0.25) is 5.91 Å². The van der Waals surface area contributed by atoms with Crippen LogP contribution in [-0.2, 0) is 11.2 Å². The molecule has 0 aliphatic rings. The highest BCUT2D eigenvalue weighted by Gasteiger charge is 2.14. The summed E-state index contributed by atoms with van der Waals surface area (Å²) in [7, 11) is 0. The Labute approximate surface area is 92.1 Å². The molecule has 0 radical (unpaired) electrons. The summed E-state index contributed by atoms with van der Waals surface area (Å²) in [4.78, 5) is 25.8. The minimum atomic E-state index is -1.09. The first-order chi connectivity index (χ1) is 7.54. The number of nitrogens with two attached hydrogens (primary N) is 2. The first-order valence-electron chi connectivity index (χ1n) is 4.79. The Bertz CT molecular complexity index is 388. The van der Waals surface area contributed by atoms with E-state index in [0.29, 0.717) is 5.69 Å². The van der Waals surface area contributed by atoms with Crippen molar-refractivity contribution in [3.05, 3.63) is 18.2 Å². The number of aromatic nitrogens is 2. The van der Waals surface area contributed by atoms with Crippen molar-refractivity contribution in [3.8, 4) is 0 Å². The topological polar surface area (TPSA) is 124 Å². The molecule has 0 fully saturated rings. The van der Waals surface area contributed by atoms with Crippen LogP contribution in [-0.4, -0.2) is 39.1 Å². The van der Waals surface area contributed by atoms with E-state index in [-0.39, 0.29) is 25.3 Å². The number of imidazole rings is 1. The fourth-order valence-corrected chi connectivity index (χ4v) is 1.17. The van der Waals surface area contributed by atoms with E-state index in [1.54, 1.807) is 0 Å². The SMILES string of the molecule is NCCC(=O)n1cnc(C[C@H](N)C(=O)O)c1. The Morgan fingerprint density at radius 1 is 1.56 bits per heavy atom. The smallest absolute Gasteiger partial charge is 0.320 e. The lowest BCUT2D eigenvalue weighted by atomic mass is 10.2. The van der Waals surface area contributed by atoms with Crippen molar-refractivity contribution in [2.45, 2.75) is 18.9 Å². The van der Waals surface area contributed by atoms with E-state index in [1.807, 2.05) is 0 Å². The van der Waals surface area contributed by atoms with Gasteiger partial charge in [0.25, 0.3) is 0 Å². The highest BCUT2D eigenvalue weighted by atomic mass is 16.4. The van der Waals surface area contributed by atoms with Crippen molar-refractivity contribution in [2.75, 3.05) is 6.54 Å². The zero-order valence-corrected chi connectivity index (χ0v) is 8.67. The third kappa shape index (κ3) is 3.14. The van der Waals surface area contributed by atoms with Gasteiger partial charge in [-0.25, -0.2) is 4.98 Å². The molecule has 0 bridgehead atoms. The maximum Gasteiger partial charge on any atom is 0.320 e. The second kappa shape index (κ2) is 5.38. The van der Waals surface area contributed by atoms with Crippen LogP contribution in [0.15, 0.2) is 12.5 Å². The molecular weight excluding hydrogens is 212 g/mol. The number of nitrogens with zero attached hydrogens (tertiary/aromatic N) is 2. The largest absolute Gasteiger partial charge is 0.480 e. The molecule has 0 unspecified atom stereocenters. The van der Waals surface area contributed by atoms with Crippen molar-refractivity contribution in [1.29, 1.82) is 0 Å². The predicted molar refractivity (Wildman–Crippen MR) is 55.8 cm³/mol. The molecule has 1 heterocycles. The quantitative estimate of drug-likeness (QED) is 0.580. The molecule has 0 saturated carbocycles. The van der Waals surface area contributed by atoms with Crippen molar-refractivity contribution in [2.24, 2.45) is 11.5 Å². The number of carbonyl (C=O) groups is 2. The lowest BCUT2D eigenvalue weighted by molar-refractivity contribution is -0.138. The number of carboxylic acids is 1. The lowest BCUT2D eigenvalue weighted by Crippen LogP contribution is -2.32. The maximum atomic E-state index is 11.4. The van der Waals surface area contributed by atoms with Crippen LogP contribution in [0.4, 0.5) is 0 Å². The summed E-state index contributed by atoms with van der Waals surface area (Å²) in [6.07, 6.45) is 3.13. The van der Waals surface area contributed by atoms with Gasteiger partial charge in [-0.2, -0.15) is 0 Å². The third-order valence-electron chi connectivity index (χ3n) is 2.03. The second-order valence-electron chi connectivity index (χ2n) is 3.35. The average Bonchev–Trinajstić information content (AvgIpc) is 2.66. The Kier molecular flexibility index (Phi) is 4.15. The number of aliphatic carboxylic acids is 1. The minimum Gasteiger partial charge on any atom is -0.480 e. The average molecular weight is 226 g/mol. The normalized spacial score (nSPS) is 12.4. The summed E-state index contributed by atoms with van der Waals surface area (Å²) in [5, 5.41) is 8.60. The monoisotopic (exact) mass is 226 g/mol. The van der Waals surface area contributed by atoms with E-state index in [9.17, 15) is 9.59 Å². The van der Waals surface area contributed by atoms with Gasteiger partial charge in [0.15, 0.2) is 0 Å². The van der Waals surface area contributed by atoms with Crippen LogP contribution in [0.5, 0.6) is 0 Å². The van der Waals surface area contributed by atoms with Gasteiger partial charge in [0.05, 0.1) is 5.69 Å². The Morgan fingerprint density at radius 3 is 2.81 bits per heavy atom. The number of hydrogen-bond donors (Lipinski definition) is 3. The highest BCUT2D eigenvalue weighted by Crippen LogP contribution is 2.01. The molecule has 7 nitrogen and oxygen atoms in total. The zero-order chi connectivity index (χ0) is 12.1. The van der Waals surface area contributed by atoms with E-state index in [2.05, 4.69) is 4.98 Å². The first kappa shape index (κ1) is 12.3. The van der Waals surface area contributed by atoms with Crippen molar-refractivity contribution < 1.29 is 14.7 Å². The molecule has 16 heavy (non-hydrogen) atoms. The van der Waals surface area contributed by atoms with E-state index in [4.69, 9.17) is 16.6 Å². The molecule has 0 aromatic carbocycles. The number of rotatable bonds is 5. The molecule has 1 rings (SSSR count). The van der Waals surface area contributed by atoms with E-state index < -0.39 is 12.0 Å². The number of carbonyl (C=O) groups excluding carboxylic acids is 1. The van der Waals surface area contributed by atoms with Gasteiger partial charge in [0, 0.05) is 25.6 Å². The van der Waals surface area contributed by atoms with E-state index >= 15 is 0 Å². The standard InChI is InChI=1S/C9H14N4O3/c10-2-1-8(14)13-4-6(12-5-13)3-7(11)9(15)16/h4-5,7H,1-3,10-11H2,(H,15,16)/t7-/m0/s1. The lowest BCUT2D eigenvalue weighted by Gasteiger charge is -2.02. The van der Waals surface area contributed by atoms with Crippen LogP contribution < -0.4 is 11.5 Å². The molecule has 1 aromatic rings. The van der Waals surface area contributed by atoms with E-state index in [0.717, 1.165) is 0 Å². The molecule has 0 aliphatic heterocycles. The summed E-state index contributed by atoms with van der Waals surface area (Å²) >= 11 is 0. The Morgan fingerprint density at radius 2 is 2.25 bits per heavy atom. The third-order valence-corrected chi connectivity index (χ3v) is 2.03. The molecule has 1 atom stereocenters. The van der Waals surface area contributed by atoms with Gasteiger partial charge in [-0.3, -0.25) is 14.2 Å². The Balaban J connectivity index is 2.64. The molecule has 88 valence electrons. The molecule has 0 aliphatic carbocycles. The maximum absolute atomic E-state index is 11.4. The van der Waals surface area contributed by atoms with Crippen molar-refractivity contribution in [1.82, 2.24) is 9.55 Å². The fourth-order valence-electron chi connectivity index (χ4n) is 1.17. The van der Waals surface area contributed by atoms with Crippen LogP contribution in [0.25, 0.3) is 0 Å².